The Labute approximate surface area is 79.2 Å². The van der Waals surface area contributed by atoms with Crippen molar-refractivity contribution < 1.29 is 4.74 Å². The van der Waals surface area contributed by atoms with Gasteiger partial charge in [-0.15, -0.1) is 0 Å². The first kappa shape index (κ1) is 9.96. The normalized spacial score (nSPS) is 11.5. The predicted octanol–water partition coefficient (Wildman–Crippen LogP) is 2.09. The van der Waals surface area contributed by atoms with Crippen molar-refractivity contribution in [2.45, 2.75) is 33.1 Å². The van der Waals surface area contributed by atoms with Gasteiger partial charge >= 0.3 is 0 Å². The molecule has 0 radical (unpaired) electrons. The van der Waals surface area contributed by atoms with Gasteiger partial charge in [-0.25, -0.2) is 4.98 Å². The molecule has 3 heteroatoms. The number of aromatic nitrogens is 2. The van der Waals surface area contributed by atoms with Crippen molar-refractivity contribution >= 4 is 0 Å². The molecule has 1 heterocycles. The molecule has 1 rings (SSSR count). The molecule has 0 unspecified atom stereocenters. The van der Waals surface area contributed by atoms with Crippen molar-refractivity contribution in [2.75, 3.05) is 7.11 Å². The molecule has 1 aromatic rings. The van der Waals surface area contributed by atoms with E-state index in [-0.39, 0.29) is 5.41 Å². The Morgan fingerprint density at radius 1 is 1.31 bits per heavy atom. The third-order valence-electron chi connectivity index (χ3n) is 1.88. The second-order valence-corrected chi connectivity index (χ2v) is 4.09. The first-order chi connectivity index (χ1) is 5.95. The van der Waals surface area contributed by atoms with Gasteiger partial charge in [0.25, 0.3) is 0 Å². The van der Waals surface area contributed by atoms with E-state index in [0.717, 1.165) is 11.4 Å². The summed E-state index contributed by atoms with van der Waals surface area (Å²) < 4.78 is 5.20. The fourth-order valence-electron chi connectivity index (χ4n) is 1.12. The van der Waals surface area contributed by atoms with Crippen LogP contribution in [0.15, 0.2) is 6.20 Å². The molecule has 0 fully saturated rings. The van der Waals surface area contributed by atoms with E-state index < -0.39 is 0 Å². The lowest BCUT2D eigenvalue weighted by molar-refractivity contribution is 0.377. The van der Waals surface area contributed by atoms with Gasteiger partial charge in [-0.3, -0.25) is 0 Å². The molecular weight excluding hydrogens is 164 g/mol. The minimum Gasteiger partial charge on any atom is -0.481 e. The van der Waals surface area contributed by atoms with E-state index in [1.54, 1.807) is 7.11 Å². The molecule has 0 bridgehead atoms. The van der Waals surface area contributed by atoms with Gasteiger partial charge in [0.2, 0.25) is 5.88 Å². The van der Waals surface area contributed by atoms with Crippen LogP contribution < -0.4 is 4.74 Å². The molecule has 0 atom stereocenters. The van der Waals surface area contributed by atoms with Crippen LogP contribution in [0, 0.1) is 6.92 Å². The molecule has 0 aliphatic carbocycles. The fourth-order valence-corrected chi connectivity index (χ4v) is 1.12. The summed E-state index contributed by atoms with van der Waals surface area (Å²) in [7, 11) is 1.64. The maximum Gasteiger partial charge on any atom is 0.220 e. The Morgan fingerprint density at radius 3 is 2.38 bits per heavy atom. The SMILES string of the molecule is COc1nc(C)ncc1C(C)(C)C. The van der Waals surface area contributed by atoms with Crippen LogP contribution in [0.1, 0.15) is 32.2 Å². The van der Waals surface area contributed by atoms with Crippen molar-refractivity contribution in [3.63, 3.8) is 0 Å². The van der Waals surface area contributed by atoms with E-state index in [0.29, 0.717) is 5.88 Å². The zero-order valence-electron chi connectivity index (χ0n) is 8.88. The molecule has 0 aromatic carbocycles. The Kier molecular flexibility index (Phi) is 2.55. The average molecular weight is 180 g/mol. The van der Waals surface area contributed by atoms with Crippen LogP contribution in [-0.4, -0.2) is 17.1 Å². The van der Waals surface area contributed by atoms with Crippen molar-refractivity contribution in [2.24, 2.45) is 0 Å². The highest BCUT2D eigenvalue weighted by Crippen LogP contribution is 2.28. The molecule has 0 aliphatic heterocycles. The number of aryl methyl sites for hydroxylation is 1. The van der Waals surface area contributed by atoms with Crippen molar-refractivity contribution in [3.8, 4) is 5.88 Å². The van der Waals surface area contributed by atoms with E-state index in [9.17, 15) is 0 Å². The van der Waals surface area contributed by atoms with Gasteiger partial charge in [0.05, 0.1) is 7.11 Å². The zero-order valence-corrected chi connectivity index (χ0v) is 8.88. The van der Waals surface area contributed by atoms with Crippen LogP contribution in [-0.2, 0) is 5.41 Å². The molecule has 13 heavy (non-hydrogen) atoms. The zero-order chi connectivity index (χ0) is 10.1. The second-order valence-electron chi connectivity index (χ2n) is 4.09. The quantitative estimate of drug-likeness (QED) is 0.663. The molecule has 0 N–H and O–H groups in total. The summed E-state index contributed by atoms with van der Waals surface area (Å²) in [5.41, 5.74) is 1.07. The van der Waals surface area contributed by atoms with Crippen LogP contribution in [0.2, 0.25) is 0 Å². The average Bonchev–Trinajstić information content (AvgIpc) is 2.01. The Hall–Kier alpha value is -1.12. The highest BCUT2D eigenvalue weighted by Gasteiger charge is 2.20. The monoisotopic (exact) mass is 180 g/mol. The number of methoxy groups -OCH3 is 1. The van der Waals surface area contributed by atoms with Crippen LogP contribution in [0.5, 0.6) is 5.88 Å². The standard InChI is InChI=1S/C10H16N2O/c1-7-11-6-8(10(2,3)4)9(12-7)13-5/h6H,1-5H3. The molecule has 0 saturated carbocycles. The smallest absolute Gasteiger partial charge is 0.220 e. The largest absolute Gasteiger partial charge is 0.481 e. The van der Waals surface area contributed by atoms with Gasteiger partial charge in [-0.1, -0.05) is 20.8 Å². The maximum absolute atomic E-state index is 5.20. The number of rotatable bonds is 1. The van der Waals surface area contributed by atoms with Gasteiger partial charge in [-0.2, -0.15) is 4.98 Å². The number of hydrogen-bond acceptors (Lipinski definition) is 3. The number of nitrogens with zero attached hydrogens (tertiary/aromatic N) is 2. The highest BCUT2D eigenvalue weighted by atomic mass is 16.5. The summed E-state index contributed by atoms with van der Waals surface area (Å²) in [6, 6.07) is 0. The van der Waals surface area contributed by atoms with Gasteiger partial charge in [0.1, 0.15) is 5.82 Å². The molecule has 3 nitrogen and oxygen atoms in total. The van der Waals surface area contributed by atoms with Crippen LogP contribution in [0.4, 0.5) is 0 Å². The molecule has 0 aliphatic rings. The summed E-state index contributed by atoms with van der Waals surface area (Å²) in [6.45, 7) is 8.20. The minimum absolute atomic E-state index is 0.0268. The van der Waals surface area contributed by atoms with Crippen LogP contribution in [0.3, 0.4) is 0 Å². The van der Waals surface area contributed by atoms with E-state index >= 15 is 0 Å². The lowest BCUT2D eigenvalue weighted by Gasteiger charge is -2.20. The van der Waals surface area contributed by atoms with Gasteiger partial charge in [-0.05, 0) is 12.3 Å². The van der Waals surface area contributed by atoms with E-state index in [1.165, 1.54) is 0 Å². The fraction of sp³-hybridized carbons (Fsp3) is 0.600. The summed E-state index contributed by atoms with van der Waals surface area (Å²) >= 11 is 0. The Bertz CT molecular complexity index is 302. The first-order valence-corrected chi connectivity index (χ1v) is 4.33. The minimum atomic E-state index is 0.0268. The van der Waals surface area contributed by atoms with E-state index in [4.69, 9.17) is 4.74 Å². The summed E-state index contributed by atoms with van der Waals surface area (Å²) in [4.78, 5) is 8.39. The molecule has 0 saturated heterocycles. The van der Waals surface area contributed by atoms with Gasteiger partial charge in [0, 0.05) is 11.8 Å². The van der Waals surface area contributed by atoms with Gasteiger partial charge < -0.3 is 4.74 Å². The van der Waals surface area contributed by atoms with Crippen molar-refractivity contribution in [3.05, 3.63) is 17.6 Å². The Morgan fingerprint density at radius 2 is 1.92 bits per heavy atom. The third-order valence-corrected chi connectivity index (χ3v) is 1.88. The molecule has 0 spiro atoms. The van der Waals surface area contributed by atoms with E-state index in [1.807, 2.05) is 13.1 Å². The predicted molar refractivity (Wildman–Crippen MR) is 52.0 cm³/mol. The topological polar surface area (TPSA) is 35.0 Å². The first-order valence-electron chi connectivity index (χ1n) is 4.33. The molecule has 72 valence electrons. The molecule has 1 aromatic heterocycles. The van der Waals surface area contributed by atoms with E-state index in [2.05, 4.69) is 30.7 Å². The molecule has 0 amide bonds. The lowest BCUT2D eigenvalue weighted by Crippen LogP contribution is -2.14. The number of hydrogen-bond donors (Lipinski definition) is 0. The second kappa shape index (κ2) is 3.32. The maximum atomic E-state index is 5.20. The third kappa shape index (κ3) is 2.17. The molecular formula is C10H16N2O. The van der Waals surface area contributed by atoms with Crippen molar-refractivity contribution in [1.29, 1.82) is 0 Å². The summed E-state index contributed by atoms with van der Waals surface area (Å²) in [5.74, 6) is 1.42. The van der Waals surface area contributed by atoms with Crippen molar-refractivity contribution in [1.82, 2.24) is 9.97 Å². The number of ether oxygens (including phenoxy) is 1. The summed E-state index contributed by atoms with van der Waals surface area (Å²) in [6.07, 6.45) is 1.83. The summed E-state index contributed by atoms with van der Waals surface area (Å²) in [5, 5.41) is 0. The lowest BCUT2D eigenvalue weighted by atomic mass is 9.89. The Balaban J connectivity index is 3.22. The van der Waals surface area contributed by atoms with Crippen LogP contribution >= 0.6 is 0 Å². The highest BCUT2D eigenvalue weighted by molar-refractivity contribution is 5.30. The van der Waals surface area contributed by atoms with Crippen LogP contribution in [0.25, 0.3) is 0 Å². The van der Waals surface area contributed by atoms with Gasteiger partial charge in [0.15, 0.2) is 0 Å².